The predicted octanol–water partition coefficient (Wildman–Crippen LogP) is 4.97. The van der Waals surface area contributed by atoms with Gasteiger partial charge in [0.2, 0.25) is 5.91 Å². The first-order valence-electron chi connectivity index (χ1n) is 8.54. The molecule has 0 fully saturated rings. The smallest absolute Gasteiger partial charge is 0.248 e. The van der Waals surface area contributed by atoms with Gasteiger partial charge in [-0.05, 0) is 19.4 Å². The Morgan fingerprint density at radius 2 is 1.93 bits per heavy atom. The Morgan fingerprint density at radius 1 is 1.26 bits per heavy atom. The van der Waals surface area contributed by atoms with Gasteiger partial charge >= 0.3 is 0 Å². The molecule has 0 atom stereocenters. The Balaban J connectivity index is 2.15. The van der Waals surface area contributed by atoms with Crippen molar-refractivity contribution in [2.75, 3.05) is 19.5 Å². The van der Waals surface area contributed by atoms with E-state index in [9.17, 15) is 4.79 Å². The highest BCUT2D eigenvalue weighted by Crippen LogP contribution is 2.36. The van der Waals surface area contributed by atoms with Gasteiger partial charge in [0.15, 0.2) is 11.5 Å². The Hall–Kier alpha value is -2.18. The SMILES string of the molecule is CCCCn1nc(C)c(/C=C/C(=O)Nc2cc(OC)c(OC)cc2Cl)c1Cl. The predicted molar refractivity (Wildman–Crippen MR) is 109 cm³/mol. The van der Waals surface area contributed by atoms with Crippen molar-refractivity contribution in [2.24, 2.45) is 0 Å². The third kappa shape index (κ3) is 5.17. The lowest BCUT2D eigenvalue weighted by Gasteiger charge is -2.11. The van der Waals surface area contributed by atoms with Crippen LogP contribution in [0.3, 0.4) is 0 Å². The number of nitrogens with zero attached hydrogens (tertiary/aromatic N) is 2. The van der Waals surface area contributed by atoms with Crippen LogP contribution in [0.1, 0.15) is 31.0 Å². The molecule has 0 unspecified atom stereocenters. The van der Waals surface area contributed by atoms with Gasteiger partial charge in [-0.3, -0.25) is 9.48 Å². The molecular formula is C19H23Cl2N3O3. The van der Waals surface area contributed by atoms with Gasteiger partial charge in [0.25, 0.3) is 0 Å². The van der Waals surface area contributed by atoms with E-state index in [4.69, 9.17) is 32.7 Å². The fourth-order valence-corrected chi connectivity index (χ4v) is 3.02. The molecule has 0 aliphatic carbocycles. The molecular weight excluding hydrogens is 389 g/mol. The Morgan fingerprint density at radius 3 is 2.56 bits per heavy atom. The molecule has 1 aromatic carbocycles. The van der Waals surface area contributed by atoms with Crippen molar-refractivity contribution in [3.05, 3.63) is 39.6 Å². The summed E-state index contributed by atoms with van der Waals surface area (Å²) in [5.41, 5.74) is 1.91. The number of halogens is 2. The van der Waals surface area contributed by atoms with Crippen molar-refractivity contribution >= 4 is 40.9 Å². The van der Waals surface area contributed by atoms with Crippen molar-refractivity contribution in [2.45, 2.75) is 33.2 Å². The molecule has 1 aromatic heterocycles. The largest absolute Gasteiger partial charge is 0.493 e. The van der Waals surface area contributed by atoms with E-state index in [0.29, 0.717) is 27.4 Å². The molecule has 2 aromatic rings. The normalized spacial score (nSPS) is 11.0. The number of hydrogen-bond donors (Lipinski definition) is 1. The standard InChI is InChI=1S/C19H23Cl2N3O3/c1-5-6-9-24-19(21)13(12(2)23-24)7-8-18(25)22-15-11-17(27-4)16(26-3)10-14(15)20/h7-8,10-11H,5-6,9H2,1-4H3,(H,22,25)/b8-7+. The number of unbranched alkanes of at least 4 members (excludes halogenated alkanes) is 1. The number of amides is 1. The summed E-state index contributed by atoms with van der Waals surface area (Å²) in [7, 11) is 3.03. The van der Waals surface area contributed by atoms with Gasteiger partial charge in [-0.2, -0.15) is 5.10 Å². The molecule has 1 heterocycles. The number of aromatic nitrogens is 2. The summed E-state index contributed by atoms with van der Waals surface area (Å²) >= 11 is 12.6. The zero-order valence-electron chi connectivity index (χ0n) is 15.8. The van der Waals surface area contributed by atoms with E-state index in [-0.39, 0.29) is 5.91 Å². The maximum atomic E-state index is 12.3. The van der Waals surface area contributed by atoms with E-state index in [1.54, 1.807) is 22.9 Å². The summed E-state index contributed by atoms with van der Waals surface area (Å²) in [6, 6.07) is 3.19. The molecule has 0 saturated heterocycles. The number of methoxy groups -OCH3 is 2. The Labute approximate surface area is 169 Å². The molecule has 1 amide bonds. The van der Waals surface area contributed by atoms with E-state index < -0.39 is 0 Å². The third-order valence-corrected chi connectivity index (χ3v) is 4.68. The second-order valence-electron chi connectivity index (χ2n) is 5.88. The summed E-state index contributed by atoms with van der Waals surface area (Å²) in [5.74, 6) is 0.608. The van der Waals surface area contributed by atoms with Gasteiger partial charge in [-0.15, -0.1) is 0 Å². The van der Waals surface area contributed by atoms with Gasteiger partial charge < -0.3 is 14.8 Å². The molecule has 27 heavy (non-hydrogen) atoms. The van der Waals surface area contributed by atoms with Crippen molar-refractivity contribution in [1.29, 1.82) is 0 Å². The minimum absolute atomic E-state index is 0.344. The van der Waals surface area contributed by atoms with Crippen molar-refractivity contribution in [3.63, 3.8) is 0 Å². The van der Waals surface area contributed by atoms with Crippen LogP contribution in [-0.4, -0.2) is 29.9 Å². The lowest BCUT2D eigenvalue weighted by molar-refractivity contribution is -0.111. The maximum Gasteiger partial charge on any atom is 0.248 e. The molecule has 1 N–H and O–H groups in total. The van der Waals surface area contributed by atoms with E-state index in [1.807, 2.05) is 6.92 Å². The van der Waals surface area contributed by atoms with Gasteiger partial charge in [-0.25, -0.2) is 0 Å². The minimum Gasteiger partial charge on any atom is -0.493 e. The molecule has 0 spiro atoms. The zero-order valence-corrected chi connectivity index (χ0v) is 17.3. The van der Waals surface area contributed by atoms with E-state index in [1.165, 1.54) is 20.3 Å². The Kier molecular flexibility index (Phi) is 7.56. The van der Waals surface area contributed by atoms with E-state index in [0.717, 1.165) is 30.6 Å². The second kappa shape index (κ2) is 9.67. The van der Waals surface area contributed by atoms with Crippen LogP contribution < -0.4 is 14.8 Å². The summed E-state index contributed by atoms with van der Waals surface area (Å²) in [5, 5.41) is 8.00. The molecule has 8 heteroatoms. The number of rotatable bonds is 8. The first kappa shape index (κ1) is 21.1. The van der Waals surface area contributed by atoms with Gasteiger partial charge in [0.05, 0.1) is 30.6 Å². The molecule has 0 saturated carbocycles. The molecule has 0 radical (unpaired) electrons. The van der Waals surface area contributed by atoms with E-state index in [2.05, 4.69) is 17.3 Å². The summed E-state index contributed by atoms with van der Waals surface area (Å²) in [4.78, 5) is 12.3. The van der Waals surface area contributed by atoms with Crippen LogP contribution in [-0.2, 0) is 11.3 Å². The maximum absolute atomic E-state index is 12.3. The topological polar surface area (TPSA) is 65.4 Å². The van der Waals surface area contributed by atoms with E-state index >= 15 is 0 Å². The van der Waals surface area contributed by atoms with Gasteiger partial charge in [-0.1, -0.05) is 36.5 Å². The van der Waals surface area contributed by atoms with Gasteiger partial charge in [0.1, 0.15) is 5.15 Å². The van der Waals surface area contributed by atoms with Crippen molar-refractivity contribution in [1.82, 2.24) is 9.78 Å². The first-order valence-corrected chi connectivity index (χ1v) is 9.30. The fraction of sp³-hybridized carbons (Fsp3) is 0.368. The highest BCUT2D eigenvalue weighted by molar-refractivity contribution is 6.34. The van der Waals surface area contributed by atoms with Gasteiger partial charge in [0, 0.05) is 30.3 Å². The number of anilines is 1. The zero-order chi connectivity index (χ0) is 20.0. The number of ether oxygens (including phenoxy) is 2. The molecule has 0 bridgehead atoms. The van der Waals surface area contributed by atoms with Crippen molar-refractivity contribution in [3.8, 4) is 11.5 Å². The monoisotopic (exact) mass is 411 g/mol. The number of aryl methyl sites for hydroxylation is 2. The van der Waals surface area contributed by atoms with Crippen LogP contribution in [0.2, 0.25) is 10.2 Å². The van der Waals surface area contributed by atoms with Crippen LogP contribution in [0.25, 0.3) is 6.08 Å². The van der Waals surface area contributed by atoms with Crippen LogP contribution in [0.4, 0.5) is 5.69 Å². The van der Waals surface area contributed by atoms with Crippen LogP contribution in [0.15, 0.2) is 18.2 Å². The highest BCUT2D eigenvalue weighted by Gasteiger charge is 2.13. The highest BCUT2D eigenvalue weighted by atomic mass is 35.5. The summed E-state index contributed by atoms with van der Waals surface area (Å²) in [6.07, 6.45) is 5.08. The fourth-order valence-electron chi connectivity index (χ4n) is 2.50. The molecule has 0 aliphatic heterocycles. The molecule has 6 nitrogen and oxygen atoms in total. The number of hydrogen-bond acceptors (Lipinski definition) is 4. The number of carbonyl (C=O) groups excluding carboxylic acids is 1. The average Bonchev–Trinajstić information content (AvgIpc) is 2.92. The average molecular weight is 412 g/mol. The number of carbonyl (C=O) groups is 1. The van der Waals surface area contributed by atoms with Crippen LogP contribution in [0.5, 0.6) is 11.5 Å². The number of benzene rings is 1. The third-order valence-electron chi connectivity index (χ3n) is 3.97. The second-order valence-corrected chi connectivity index (χ2v) is 6.64. The molecule has 146 valence electrons. The minimum atomic E-state index is -0.346. The molecule has 2 rings (SSSR count). The first-order chi connectivity index (χ1) is 12.9. The molecule has 0 aliphatic rings. The summed E-state index contributed by atoms with van der Waals surface area (Å²) < 4.78 is 12.2. The van der Waals surface area contributed by atoms with Crippen LogP contribution >= 0.6 is 23.2 Å². The number of nitrogens with one attached hydrogen (secondary N) is 1. The lowest BCUT2D eigenvalue weighted by Crippen LogP contribution is -2.08. The van der Waals surface area contributed by atoms with Crippen LogP contribution in [0, 0.1) is 6.92 Å². The quantitative estimate of drug-likeness (QED) is 0.622. The Bertz CT molecular complexity index is 847. The van der Waals surface area contributed by atoms with Crippen molar-refractivity contribution < 1.29 is 14.3 Å². The lowest BCUT2D eigenvalue weighted by atomic mass is 10.2. The summed E-state index contributed by atoms with van der Waals surface area (Å²) in [6.45, 7) is 4.71.